The van der Waals surface area contributed by atoms with Crippen LogP contribution in [0.1, 0.15) is 9.67 Å². The zero-order valence-corrected chi connectivity index (χ0v) is 8.72. The summed E-state index contributed by atoms with van der Waals surface area (Å²) in [6, 6.07) is 4.85. The molecule has 0 atom stereocenters. The molecule has 0 unspecified atom stereocenters. The maximum Gasteiger partial charge on any atom is 0.267 e. The number of halogens is 2. The molecule has 6 heteroatoms. The average Bonchev–Trinajstić information content (AvgIpc) is 2.76. The number of rotatable bonds is 2. The van der Waals surface area contributed by atoms with Crippen molar-refractivity contribution in [2.75, 3.05) is 5.32 Å². The van der Waals surface area contributed by atoms with E-state index < -0.39 is 23.2 Å². The second kappa shape index (κ2) is 4.36. The van der Waals surface area contributed by atoms with Gasteiger partial charge in [0.2, 0.25) is 0 Å². The zero-order valence-electron chi connectivity index (χ0n) is 7.91. The fraction of sp³-hybridized carbons (Fsp3) is 0. The van der Waals surface area contributed by atoms with Crippen molar-refractivity contribution in [2.45, 2.75) is 0 Å². The molecule has 0 bridgehead atoms. The van der Waals surface area contributed by atoms with E-state index in [2.05, 4.69) is 9.69 Å². The lowest BCUT2D eigenvalue weighted by molar-refractivity contribution is 0.102. The van der Waals surface area contributed by atoms with E-state index in [1.165, 1.54) is 18.3 Å². The van der Waals surface area contributed by atoms with Gasteiger partial charge in [0.25, 0.3) is 5.91 Å². The van der Waals surface area contributed by atoms with Crippen molar-refractivity contribution in [3.05, 3.63) is 47.0 Å². The number of aromatic nitrogens is 1. The number of anilines is 1. The summed E-state index contributed by atoms with van der Waals surface area (Å²) >= 11 is 0.955. The Labute approximate surface area is 93.9 Å². The standard InChI is InChI=1S/C10H6F2N2OS/c11-6-2-1-3-7(12)9(6)14-10(15)8-4-5-13-16-8/h1-5H,(H,14,15). The predicted molar refractivity (Wildman–Crippen MR) is 56.4 cm³/mol. The second-order valence-electron chi connectivity index (χ2n) is 2.93. The van der Waals surface area contributed by atoms with E-state index in [4.69, 9.17) is 0 Å². The van der Waals surface area contributed by atoms with Crippen LogP contribution in [0.3, 0.4) is 0 Å². The fourth-order valence-corrected chi connectivity index (χ4v) is 1.62. The highest BCUT2D eigenvalue weighted by atomic mass is 32.1. The Morgan fingerprint density at radius 3 is 2.50 bits per heavy atom. The predicted octanol–water partition coefficient (Wildman–Crippen LogP) is 2.67. The molecule has 0 spiro atoms. The number of benzene rings is 1. The molecule has 1 amide bonds. The molecule has 2 rings (SSSR count). The van der Waals surface area contributed by atoms with Crippen molar-refractivity contribution >= 4 is 23.1 Å². The number of amides is 1. The molecule has 1 N–H and O–H groups in total. The first-order chi connectivity index (χ1) is 7.68. The largest absolute Gasteiger partial charge is 0.316 e. The third-order valence-corrected chi connectivity index (χ3v) is 2.61. The molecular formula is C10H6F2N2OS. The van der Waals surface area contributed by atoms with E-state index in [9.17, 15) is 13.6 Å². The second-order valence-corrected chi connectivity index (χ2v) is 3.76. The molecule has 0 aliphatic heterocycles. The van der Waals surface area contributed by atoms with Gasteiger partial charge in [0.05, 0.1) is 0 Å². The van der Waals surface area contributed by atoms with E-state index in [0.29, 0.717) is 4.88 Å². The zero-order chi connectivity index (χ0) is 11.5. The Kier molecular flexibility index (Phi) is 2.91. The summed E-state index contributed by atoms with van der Waals surface area (Å²) in [5.74, 6) is -2.19. The van der Waals surface area contributed by atoms with Gasteiger partial charge in [-0.2, -0.15) is 0 Å². The van der Waals surface area contributed by atoms with Crippen molar-refractivity contribution in [2.24, 2.45) is 0 Å². The Morgan fingerprint density at radius 2 is 1.94 bits per heavy atom. The normalized spacial score (nSPS) is 10.1. The number of carbonyl (C=O) groups is 1. The van der Waals surface area contributed by atoms with Crippen LogP contribution >= 0.6 is 11.5 Å². The minimum atomic E-state index is -0.808. The molecule has 2 aromatic rings. The number of carbonyl (C=O) groups excluding carboxylic acids is 1. The van der Waals surface area contributed by atoms with E-state index in [1.54, 1.807) is 0 Å². The molecule has 0 aliphatic rings. The van der Waals surface area contributed by atoms with Crippen molar-refractivity contribution < 1.29 is 13.6 Å². The first-order valence-electron chi connectivity index (χ1n) is 4.34. The average molecular weight is 240 g/mol. The van der Waals surface area contributed by atoms with Crippen LogP contribution in [-0.4, -0.2) is 10.3 Å². The lowest BCUT2D eigenvalue weighted by Crippen LogP contribution is -2.12. The maximum atomic E-state index is 13.2. The molecular weight excluding hydrogens is 234 g/mol. The van der Waals surface area contributed by atoms with E-state index in [1.807, 2.05) is 0 Å². The van der Waals surface area contributed by atoms with Gasteiger partial charge in [-0.15, -0.1) is 0 Å². The third kappa shape index (κ3) is 2.06. The quantitative estimate of drug-likeness (QED) is 0.876. The number of nitrogens with zero attached hydrogens (tertiary/aromatic N) is 1. The van der Waals surface area contributed by atoms with Gasteiger partial charge in [-0.3, -0.25) is 4.79 Å². The van der Waals surface area contributed by atoms with Crippen molar-refractivity contribution in [3.8, 4) is 0 Å². The van der Waals surface area contributed by atoms with E-state index in [-0.39, 0.29) is 0 Å². The first-order valence-corrected chi connectivity index (χ1v) is 5.12. The molecule has 0 radical (unpaired) electrons. The summed E-state index contributed by atoms with van der Waals surface area (Å²) in [7, 11) is 0. The molecule has 0 saturated carbocycles. The van der Waals surface area contributed by atoms with E-state index in [0.717, 1.165) is 23.7 Å². The third-order valence-electron chi connectivity index (χ3n) is 1.86. The Hall–Kier alpha value is -1.82. The summed E-state index contributed by atoms with van der Waals surface area (Å²) in [5.41, 5.74) is -0.444. The Bertz CT molecular complexity index is 493. The van der Waals surface area contributed by atoms with Gasteiger partial charge in [-0.05, 0) is 29.7 Å². The molecule has 1 aromatic carbocycles. The number of hydrogen-bond donors (Lipinski definition) is 1. The van der Waals surface area contributed by atoms with Crippen LogP contribution in [0.2, 0.25) is 0 Å². The van der Waals surface area contributed by atoms with E-state index >= 15 is 0 Å². The molecule has 0 fully saturated rings. The van der Waals surface area contributed by atoms with Crippen LogP contribution in [0, 0.1) is 11.6 Å². The molecule has 0 saturated heterocycles. The number of nitrogens with one attached hydrogen (secondary N) is 1. The highest BCUT2D eigenvalue weighted by Gasteiger charge is 2.13. The summed E-state index contributed by atoms with van der Waals surface area (Å²) in [6.45, 7) is 0. The van der Waals surface area contributed by atoms with Crippen LogP contribution in [0.25, 0.3) is 0 Å². The minimum absolute atomic E-state index is 0.294. The highest BCUT2D eigenvalue weighted by molar-refractivity contribution is 7.08. The summed E-state index contributed by atoms with van der Waals surface area (Å²) < 4.78 is 30.1. The highest BCUT2D eigenvalue weighted by Crippen LogP contribution is 2.19. The van der Waals surface area contributed by atoms with Crippen LogP contribution in [0.15, 0.2) is 30.5 Å². The maximum absolute atomic E-state index is 13.2. The van der Waals surface area contributed by atoms with Gasteiger partial charge in [0.1, 0.15) is 22.2 Å². The Balaban J connectivity index is 2.25. The van der Waals surface area contributed by atoms with Crippen molar-refractivity contribution in [3.63, 3.8) is 0 Å². The van der Waals surface area contributed by atoms with Gasteiger partial charge < -0.3 is 5.32 Å². The summed E-state index contributed by atoms with van der Waals surface area (Å²) in [4.78, 5) is 11.8. The van der Waals surface area contributed by atoms with Gasteiger partial charge in [0.15, 0.2) is 0 Å². The van der Waals surface area contributed by atoms with Crippen molar-refractivity contribution in [1.82, 2.24) is 4.37 Å². The molecule has 1 aromatic heterocycles. The Morgan fingerprint density at radius 1 is 1.25 bits per heavy atom. The minimum Gasteiger partial charge on any atom is -0.316 e. The molecule has 0 aliphatic carbocycles. The summed E-state index contributed by atoms with van der Waals surface area (Å²) in [6.07, 6.45) is 1.44. The molecule has 1 heterocycles. The molecule has 3 nitrogen and oxygen atoms in total. The number of para-hydroxylation sites is 1. The van der Waals surface area contributed by atoms with Gasteiger partial charge in [0, 0.05) is 6.20 Å². The van der Waals surface area contributed by atoms with Crippen LogP contribution in [-0.2, 0) is 0 Å². The van der Waals surface area contributed by atoms with Gasteiger partial charge >= 0.3 is 0 Å². The van der Waals surface area contributed by atoms with Crippen LogP contribution in [0.5, 0.6) is 0 Å². The SMILES string of the molecule is O=C(Nc1c(F)cccc1F)c1ccns1. The lowest BCUT2D eigenvalue weighted by atomic mass is 10.3. The smallest absolute Gasteiger partial charge is 0.267 e. The van der Waals surface area contributed by atoms with Crippen LogP contribution in [0.4, 0.5) is 14.5 Å². The topological polar surface area (TPSA) is 42.0 Å². The molecule has 82 valence electrons. The number of hydrogen-bond acceptors (Lipinski definition) is 3. The monoisotopic (exact) mass is 240 g/mol. The lowest BCUT2D eigenvalue weighted by Gasteiger charge is -2.05. The first kappa shape index (κ1) is 10.7. The van der Waals surface area contributed by atoms with Gasteiger partial charge in [-0.1, -0.05) is 6.07 Å². The molecule has 16 heavy (non-hydrogen) atoms. The van der Waals surface area contributed by atoms with Crippen molar-refractivity contribution in [1.29, 1.82) is 0 Å². The summed E-state index contributed by atoms with van der Waals surface area (Å²) in [5, 5.41) is 2.16. The van der Waals surface area contributed by atoms with Gasteiger partial charge in [-0.25, -0.2) is 13.2 Å². The fourth-order valence-electron chi connectivity index (χ4n) is 1.13. The van der Waals surface area contributed by atoms with Crippen LogP contribution < -0.4 is 5.32 Å².